The Morgan fingerprint density at radius 2 is 2.14 bits per heavy atom. The van der Waals surface area contributed by atoms with Crippen LogP contribution < -0.4 is 5.32 Å². The third-order valence-electron chi connectivity index (χ3n) is 2.81. The lowest BCUT2D eigenvalue weighted by Crippen LogP contribution is -2.17. The number of nitro groups is 1. The number of anilines is 1. The van der Waals surface area contributed by atoms with Crippen molar-refractivity contribution >= 4 is 29.0 Å². The topological polar surface area (TPSA) is 90.1 Å². The predicted molar refractivity (Wildman–Crippen MR) is 78.7 cm³/mol. The first-order valence-electron chi connectivity index (χ1n) is 6.19. The molecule has 0 spiro atoms. The van der Waals surface area contributed by atoms with Gasteiger partial charge in [-0.05, 0) is 19.9 Å². The van der Waals surface area contributed by atoms with Crippen LogP contribution in [-0.2, 0) is 0 Å². The van der Waals surface area contributed by atoms with Gasteiger partial charge < -0.3 is 5.32 Å². The Morgan fingerprint density at radius 3 is 2.71 bits per heavy atom. The predicted octanol–water partition coefficient (Wildman–Crippen LogP) is 3.28. The van der Waals surface area contributed by atoms with Crippen LogP contribution in [0.3, 0.4) is 0 Å². The van der Waals surface area contributed by atoms with Crippen LogP contribution in [0.4, 0.5) is 11.5 Å². The third-order valence-corrected chi connectivity index (χ3v) is 3.12. The zero-order chi connectivity index (χ0) is 15.6. The van der Waals surface area contributed by atoms with E-state index in [-0.39, 0.29) is 22.3 Å². The first-order valence-corrected chi connectivity index (χ1v) is 6.56. The molecule has 0 fully saturated rings. The van der Waals surface area contributed by atoms with E-state index in [1.54, 1.807) is 16.9 Å². The fourth-order valence-electron chi connectivity index (χ4n) is 1.81. The molecule has 0 aliphatic heterocycles. The van der Waals surface area contributed by atoms with E-state index >= 15 is 0 Å². The van der Waals surface area contributed by atoms with Crippen molar-refractivity contribution in [1.82, 2.24) is 9.78 Å². The molecule has 0 saturated carbocycles. The summed E-state index contributed by atoms with van der Waals surface area (Å²) in [5.41, 5.74) is 0.00236. The maximum absolute atomic E-state index is 12.2. The van der Waals surface area contributed by atoms with Crippen LogP contribution >= 0.6 is 11.6 Å². The normalized spacial score (nSPS) is 10.7. The first-order chi connectivity index (χ1) is 9.90. The zero-order valence-corrected chi connectivity index (χ0v) is 12.2. The number of nitrogens with one attached hydrogen (secondary N) is 1. The van der Waals surface area contributed by atoms with Crippen molar-refractivity contribution in [1.29, 1.82) is 0 Å². The van der Waals surface area contributed by atoms with Crippen molar-refractivity contribution in [2.45, 2.75) is 19.9 Å². The van der Waals surface area contributed by atoms with Crippen LogP contribution in [0.15, 0.2) is 30.5 Å². The zero-order valence-electron chi connectivity index (χ0n) is 11.4. The minimum absolute atomic E-state index is 0.0253. The van der Waals surface area contributed by atoms with E-state index in [2.05, 4.69) is 10.4 Å². The summed E-state index contributed by atoms with van der Waals surface area (Å²) >= 11 is 5.92. The average Bonchev–Trinajstić information content (AvgIpc) is 2.86. The number of halogens is 1. The Kier molecular flexibility index (Phi) is 4.23. The number of nitrogens with zero attached hydrogens (tertiary/aromatic N) is 3. The van der Waals surface area contributed by atoms with E-state index in [0.29, 0.717) is 5.82 Å². The molecule has 0 radical (unpaired) electrons. The van der Waals surface area contributed by atoms with Gasteiger partial charge in [0.25, 0.3) is 11.6 Å². The fourth-order valence-corrected chi connectivity index (χ4v) is 2.07. The molecule has 7 nitrogen and oxygen atoms in total. The Bertz CT molecular complexity index is 696. The molecule has 8 heteroatoms. The van der Waals surface area contributed by atoms with Crippen LogP contribution in [0.5, 0.6) is 0 Å². The van der Waals surface area contributed by atoms with Crippen LogP contribution in [0.1, 0.15) is 30.2 Å². The summed E-state index contributed by atoms with van der Waals surface area (Å²) < 4.78 is 1.65. The molecule has 2 aromatic rings. The molecule has 0 atom stereocenters. The summed E-state index contributed by atoms with van der Waals surface area (Å²) in [5, 5.41) is 17.5. The molecule has 0 aliphatic rings. The summed E-state index contributed by atoms with van der Waals surface area (Å²) in [7, 11) is 0. The quantitative estimate of drug-likeness (QED) is 0.693. The third kappa shape index (κ3) is 3.19. The number of nitro benzene ring substituents is 1. The largest absolute Gasteiger partial charge is 0.307 e. The number of hydrogen-bond acceptors (Lipinski definition) is 4. The van der Waals surface area contributed by atoms with E-state index in [4.69, 9.17) is 11.6 Å². The van der Waals surface area contributed by atoms with E-state index in [1.165, 1.54) is 12.1 Å². The number of benzene rings is 1. The molecule has 21 heavy (non-hydrogen) atoms. The highest BCUT2D eigenvalue weighted by Gasteiger charge is 2.16. The lowest BCUT2D eigenvalue weighted by Gasteiger charge is -2.12. The van der Waals surface area contributed by atoms with Crippen LogP contribution in [0.25, 0.3) is 0 Å². The highest BCUT2D eigenvalue weighted by Crippen LogP contribution is 2.23. The fraction of sp³-hybridized carbons (Fsp3) is 0.231. The number of aromatic nitrogens is 2. The molecule has 0 aliphatic carbocycles. The van der Waals surface area contributed by atoms with E-state index in [9.17, 15) is 14.9 Å². The highest BCUT2D eigenvalue weighted by atomic mass is 35.5. The molecule has 1 aromatic carbocycles. The van der Waals surface area contributed by atoms with Gasteiger partial charge in [0.2, 0.25) is 0 Å². The lowest BCUT2D eigenvalue weighted by molar-refractivity contribution is -0.384. The molecule has 1 heterocycles. The second-order valence-electron chi connectivity index (χ2n) is 4.63. The Morgan fingerprint density at radius 1 is 1.43 bits per heavy atom. The molecule has 2 rings (SSSR count). The number of hydrogen-bond donors (Lipinski definition) is 1. The van der Waals surface area contributed by atoms with E-state index in [0.717, 1.165) is 6.07 Å². The second-order valence-corrected chi connectivity index (χ2v) is 5.04. The Balaban J connectivity index is 2.25. The van der Waals surface area contributed by atoms with Gasteiger partial charge in [-0.25, -0.2) is 4.68 Å². The monoisotopic (exact) mass is 308 g/mol. The summed E-state index contributed by atoms with van der Waals surface area (Å²) in [5.74, 6) is 0.0849. The summed E-state index contributed by atoms with van der Waals surface area (Å²) in [6.45, 7) is 3.86. The molecule has 0 bridgehead atoms. The highest BCUT2D eigenvalue weighted by molar-refractivity contribution is 6.34. The smallest absolute Gasteiger partial charge is 0.270 e. The second kappa shape index (κ2) is 5.92. The molecule has 1 amide bonds. The van der Waals surface area contributed by atoms with E-state index in [1.807, 2.05) is 13.8 Å². The SMILES string of the molecule is CC(C)n1nccc1NC(=O)c1ccc([N+](=O)[O-])cc1Cl. The van der Waals surface area contributed by atoms with Crippen molar-refractivity contribution in [3.63, 3.8) is 0 Å². The van der Waals surface area contributed by atoms with Gasteiger partial charge in [-0.15, -0.1) is 0 Å². The van der Waals surface area contributed by atoms with Gasteiger partial charge >= 0.3 is 0 Å². The van der Waals surface area contributed by atoms with Crippen LogP contribution in [0, 0.1) is 10.1 Å². The van der Waals surface area contributed by atoms with Crippen molar-refractivity contribution in [2.75, 3.05) is 5.32 Å². The number of non-ortho nitro benzene ring substituents is 1. The van der Waals surface area contributed by atoms with Gasteiger partial charge in [0.05, 0.1) is 21.7 Å². The molecular weight excluding hydrogens is 296 g/mol. The van der Waals surface area contributed by atoms with Crippen LogP contribution in [0.2, 0.25) is 5.02 Å². The van der Waals surface area contributed by atoms with Crippen molar-refractivity contribution in [3.8, 4) is 0 Å². The van der Waals surface area contributed by atoms with Gasteiger partial charge in [-0.2, -0.15) is 5.10 Å². The summed E-state index contributed by atoms with van der Waals surface area (Å²) in [6, 6.07) is 5.46. The number of rotatable bonds is 4. The summed E-state index contributed by atoms with van der Waals surface area (Å²) in [6.07, 6.45) is 1.58. The van der Waals surface area contributed by atoms with Gasteiger partial charge in [-0.1, -0.05) is 11.6 Å². The minimum Gasteiger partial charge on any atom is -0.307 e. The number of amides is 1. The lowest BCUT2D eigenvalue weighted by atomic mass is 10.2. The van der Waals surface area contributed by atoms with Gasteiger partial charge in [0.15, 0.2) is 0 Å². The molecule has 1 N–H and O–H groups in total. The van der Waals surface area contributed by atoms with Crippen molar-refractivity contribution in [2.24, 2.45) is 0 Å². The van der Waals surface area contributed by atoms with Gasteiger partial charge in [-0.3, -0.25) is 14.9 Å². The Labute approximate surface area is 125 Å². The summed E-state index contributed by atoms with van der Waals surface area (Å²) in [4.78, 5) is 22.3. The minimum atomic E-state index is -0.568. The first kappa shape index (κ1) is 15.0. The van der Waals surface area contributed by atoms with Crippen LogP contribution in [-0.4, -0.2) is 20.6 Å². The van der Waals surface area contributed by atoms with Crippen molar-refractivity contribution in [3.05, 3.63) is 51.2 Å². The molecule has 1 aromatic heterocycles. The molecule has 110 valence electrons. The van der Waals surface area contributed by atoms with E-state index < -0.39 is 10.8 Å². The number of carbonyl (C=O) groups is 1. The Hall–Kier alpha value is -2.41. The maximum atomic E-state index is 12.2. The molecule has 0 unspecified atom stereocenters. The maximum Gasteiger partial charge on any atom is 0.270 e. The standard InChI is InChI=1S/C13H13ClN4O3/c1-8(2)17-12(5-6-15-17)16-13(19)10-4-3-9(18(20)21)7-11(10)14/h3-8H,1-2H3,(H,16,19). The van der Waals surface area contributed by atoms with Crippen molar-refractivity contribution < 1.29 is 9.72 Å². The molecular formula is C13H13ClN4O3. The van der Waals surface area contributed by atoms with Gasteiger partial charge in [0.1, 0.15) is 5.82 Å². The average molecular weight is 309 g/mol. The molecule has 0 saturated heterocycles. The van der Waals surface area contributed by atoms with Gasteiger partial charge in [0, 0.05) is 24.2 Å². The number of carbonyl (C=O) groups excluding carboxylic acids is 1.